The van der Waals surface area contributed by atoms with Crippen LogP contribution in [0.25, 0.3) is 11.5 Å². The van der Waals surface area contributed by atoms with Crippen molar-refractivity contribution in [1.29, 1.82) is 0 Å². The van der Waals surface area contributed by atoms with Gasteiger partial charge < -0.3 is 18.9 Å². The predicted octanol–water partition coefficient (Wildman–Crippen LogP) is 3.49. The largest absolute Gasteiger partial charge is 0.490 e. The van der Waals surface area contributed by atoms with Gasteiger partial charge in [0.05, 0.1) is 13.2 Å². The van der Waals surface area contributed by atoms with Crippen LogP contribution in [0.3, 0.4) is 0 Å². The molecule has 8 nitrogen and oxygen atoms in total. The minimum absolute atomic E-state index is 0.0637. The number of amides is 1. The molecule has 0 saturated carbocycles. The van der Waals surface area contributed by atoms with E-state index >= 15 is 0 Å². The van der Waals surface area contributed by atoms with Crippen molar-refractivity contribution in [1.82, 2.24) is 20.0 Å². The Hall–Kier alpha value is -3.42. The van der Waals surface area contributed by atoms with Gasteiger partial charge in [-0.25, -0.2) is 0 Å². The molecule has 1 unspecified atom stereocenters. The Morgan fingerprint density at radius 2 is 1.87 bits per heavy atom. The molecule has 2 aromatic heterocycles. The summed E-state index contributed by atoms with van der Waals surface area (Å²) in [7, 11) is 0. The summed E-state index contributed by atoms with van der Waals surface area (Å²) < 4.78 is 16.7. The van der Waals surface area contributed by atoms with E-state index in [1.807, 2.05) is 49.1 Å². The molecular formula is C23H26N4O4. The highest BCUT2D eigenvalue weighted by molar-refractivity contribution is 5.79. The second-order valence-electron chi connectivity index (χ2n) is 7.33. The first-order valence-corrected chi connectivity index (χ1v) is 10.6. The molecule has 3 aromatic rings. The zero-order valence-electron chi connectivity index (χ0n) is 17.8. The van der Waals surface area contributed by atoms with Crippen LogP contribution in [-0.4, -0.2) is 52.2 Å². The Morgan fingerprint density at radius 3 is 2.65 bits per heavy atom. The van der Waals surface area contributed by atoms with Gasteiger partial charge in [-0.2, -0.15) is 4.98 Å². The highest BCUT2D eigenvalue weighted by Crippen LogP contribution is 2.30. The SMILES string of the molecule is CCOc1ccc(CCN2CC(c3noc(-c4ccncc4)n3)CC2=O)cc1OCC. The average Bonchev–Trinajstić information content (AvgIpc) is 3.42. The van der Waals surface area contributed by atoms with Crippen LogP contribution in [0.5, 0.6) is 11.5 Å². The van der Waals surface area contributed by atoms with E-state index in [9.17, 15) is 4.79 Å². The number of carbonyl (C=O) groups excluding carboxylic acids is 1. The highest BCUT2D eigenvalue weighted by atomic mass is 16.5. The molecule has 4 rings (SSSR count). The lowest BCUT2D eigenvalue weighted by Crippen LogP contribution is -2.27. The van der Waals surface area contributed by atoms with Crippen molar-refractivity contribution in [3.8, 4) is 23.0 Å². The van der Waals surface area contributed by atoms with Gasteiger partial charge in [-0.1, -0.05) is 11.2 Å². The van der Waals surface area contributed by atoms with Crippen molar-refractivity contribution in [3.63, 3.8) is 0 Å². The standard InChI is InChI=1S/C23H26N4O4/c1-3-29-19-6-5-16(13-20(19)30-4-2)9-12-27-15-18(14-21(27)28)22-25-23(31-26-22)17-7-10-24-11-8-17/h5-8,10-11,13,18H,3-4,9,12,14-15H2,1-2H3. The molecule has 162 valence electrons. The summed E-state index contributed by atoms with van der Waals surface area (Å²) in [5, 5.41) is 4.11. The zero-order chi connectivity index (χ0) is 21.6. The van der Waals surface area contributed by atoms with Gasteiger partial charge in [0.15, 0.2) is 17.3 Å². The number of carbonyl (C=O) groups is 1. The van der Waals surface area contributed by atoms with E-state index in [1.165, 1.54) is 0 Å². The summed E-state index contributed by atoms with van der Waals surface area (Å²) in [5.41, 5.74) is 1.92. The van der Waals surface area contributed by atoms with E-state index in [1.54, 1.807) is 12.4 Å². The fraction of sp³-hybridized carbons (Fsp3) is 0.391. The van der Waals surface area contributed by atoms with Crippen molar-refractivity contribution in [2.45, 2.75) is 32.6 Å². The number of aromatic nitrogens is 3. The summed E-state index contributed by atoms with van der Waals surface area (Å²) in [6.07, 6.45) is 4.48. The molecule has 1 atom stereocenters. The molecule has 0 spiro atoms. The van der Waals surface area contributed by atoms with Crippen LogP contribution in [0.4, 0.5) is 0 Å². The Bertz CT molecular complexity index is 1020. The monoisotopic (exact) mass is 422 g/mol. The average molecular weight is 422 g/mol. The van der Waals surface area contributed by atoms with Crippen LogP contribution in [0, 0.1) is 0 Å². The van der Waals surface area contributed by atoms with Gasteiger partial charge >= 0.3 is 0 Å². The maximum absolute atomic E-state index is 12.6. The quantitative estimate of drug-likeness (QED) is 0.521. The third kappa shape index (κ3) is 4.84. The predicted molar refractivity (Wildman–Crippen MR) is 114 cm³/mol. The molecule has 0 bridgehead atoms. The lowest BCUT2D eigenvalue weighted by molar-refractivity contribution is -0.127. The minimum Gasteiger partial charge on any atom is -0.490 e. The molecule has 0 radical (unpaired) electrons. The van der Waals surface area contributed by atoms with E-state index in [-0.39, 0.29) is 11.8 Å². The second kappa shape index (κ2) is 9.59. The number of rotatable bonds is 9. The topological polar surface area (TPSA) is 90.6 Å². The fourth-order valence-electron chi connectivity index (χ4n) is 3.69. The molecule has 1 fully saturated rings. The number of benzene rings is 1. The Balaban J connectivity index is 1.38. The van der Waals surface area contributed by atoms with E-state index in [2.05, 4.69) is 15.1 Å². The fourth-order valence-corrected chi connectivity index (χ4v) is 3.69. The van der Waals surface area contributed by atoms with Crippen LogP contribution in [0.15, 0.2) is 47.2 Å². The second-order valence-corrected chi connectivity index (χ2v) is 7.33. The number of likely N-dealkylation sites (tertiary alicyclic amines) is 1. The molecular weight excluding hydrogens is 396 g/mol. The molecule has 8 heteroatoms. The van der Waals surface area contributed by atoms with Gasteiger partial charge in [0.1, 0.15) is 0 Å². The number of hydrogen-bond donors (Lipinski definition) is 0. The summed E-state index contributed by atoms with van der Waals surface area (Å²) in [6, 6.07) is 9.57. The molecule has 3 heterocycles. The van der Waals surface area contributed by atoms with E-state index in [0.29, 0.717) is 44.4 Å². The van der Waals surface area contributed by atoms with Crippen molar-refractivity contribution in [3.05, 3.63) is 54.1 Å². The molecule has 1 aliphatic heterocycles. The number of pyridine rings is 1. The number of nitrogens with zero attached hydrogens (tertiary/aromatic N) is 4. The first-order chi connectivity index (χ1) is 15.2. The number of ether oxygens (including phenoxy) is 2. The molecule has 1 aromatic carbocycles. The molecule has 1 amide bonds. The summed E-state index contributed by atoms with van der Waals surface area (Å²) in [6.45, 7) is 6.27. The van der Waals surface area contributed by atoms with Crippen molar-refractivity contribution in [2.75, 3.05) is 26.3 Å². The first kappa shape index (κ1) is 20.8. The maximum Gasteiger partial charge on any atom is 0.258 e. The smallest absolute Gasteiger partial charge is 0.258 e. The van der Waals surface area contributed by atoms with Gasteiger partial charge in [-0.15, -0.1) is 0 Å². The summed E-state index contributed by atoms with van der Waals surface area (Å²) in [4.78, 5) is 22.9. The molecule has 1 aliphatic rings. The normalized spacial score (nSPS) is 16.0. The van der Waals surface area contributed by atoms with Gasteiger partial charge in [-0.05, 0) is 50.1 Å². The Morgan fingerprint density at radius 1 is 1.10 bits per heavy atom. The van der Waals surface area contributed by atoms with Crippen LogP contribution in [-0.2, 0) is 11.2 Å². The first-order valence-electron chi connectivity index (χ1n) is 10.6. The molecule has 0 N–H and O–H groups in total. The maximum atomic E-state index is 12.6. The Kier molecular flexibility index (Phi) is 6.45. The summed E-state index contributed by atoms with van der Waals surface area (Å²) >= 11 is 0. The third-order valence-electron chi connectivity index (χ3n) is 5.23. The molecule has 1 saturated heterocycles. The Labute approximate surface area is 181 Å². The van der Waals surface area contributed by atoms with E-state index in [4.69, 9.17) is 14.0 Å². The lowest BCUT2D eigenvalue weighted by atomic mass is 10.1. The van der Waals surface area contributed by atoms with Crippen molar-refractivity contribution >= 4 is 5.91 Å². The van der Waals surface area contributed by atoms with E-state index in [0.717, 1.165) is 29.0 Å². The van der Waals surface area contributed by atoms with Crippen LogP contribution in [0.2, 0.25) is 0 Å². The van der Waals surface area contributed by atoms with E-state index < -0.39 is 0 Å². The molecule has 31 heavy (non-hydrogen) atoms. The van der Waals surface area contributed by atoms with Gasteiger partial charge in [0, 0.05) is 43.4 Å². The van der Waals surface area contributed by atoms with Crippen LogP contribution in [0.1, 0.15) is 37.6 Å². The zero-order valence-corrected chi connectivity index (χ0v) is 17.8. The molecule has 0 aliphatic carbocycles. The van der Waals surface area contributed by atoms with Gasteiger partial charge in [-0.3, -0.25) is 9.78 Å². The van der Waals surface area contributed by atoms with Gasteiger partial charge in [0.2, 0.25) is 5.91 Å². The number of hydrogen-bond acceptors (Lipinski definition) is 7. The van der Waals surface area contributed by atoms with Crippen molar-refractivity contribution < 1.29 is 18.8 Å². The minimum atomic E-state index is -0.0637. The van der Waals surface area contributed by atoms with Gasteiger partial charge in [0.25, 0.3) is 5.89 Å². The third-order valence-corrected chi connectivity index (χ3v) is 5.23. The highest BCUT2D eigenvalue weighted by Gasteiger charge is 2.33. The van der Waals surface area contributed by atoms with Crippen LogP contribution < -0.4 is 9.47 Å². The lowest BCUT2D eigenvalue weighted by Gasteiger charge is -2.17. The van der Waals surface area contributed by atoms with Crippen molar-refractivity contribution in [2.24, 2.45) is 0 Å². The van der Waals surface area contributed by atoms with Crippen LogP contribution >= 0.6 is 0 Å². The summed E-state index contributed by atoms with van der Waals surface area (Å²) in [5.74, 6) is 2.54.